The van der Waals surface area contributed by atoms with E-state index >= 15 is 0 Å². The van der Waals surface area contributed by atoms with Crippen LogP contribution in [0.15, 0.2) is 36.7 Å². The molecule has 0 radical (unpaired) electrons. The number of rotatable bonds is 1. The zero-order valence-electron chi connectivity index (χ0n) is 9.64. The van der Waals surface area contributed by atoms with Crippen LogP contribution in [0.1, 0.15) is 31.0 Å². The van der Waals surface area contributed by atoms with Gasteiger partial charge in [0.1, 0.15) is 0 Å². The minimum Gasteiger partial charge on any atom is -0.260 e. The van der Waals surface area contributed by atoms with E-state index in [9.17, 15) is 0 Å². The molecule has 2 aromatic rings. The number of hydrogen-bond donors (Lipinski definition) is 0. The summed E-state index contributed by atoms with van der Waals surface area (Å²) < 4.78 is 2.27. The van der Waals surface area contributed by atoms with Crippen LogP contribution < -0.4 is 4.57 Å². The van der Waals surface area contributed by atoms with Gasteiger partial charge in [-0.3, -0.25) is 4.98 Å². The Morgan fingerprint density at radius 2 is 2.19 bits per heavy atom. The van der Waals surface area contributed by atoms with E-state index in [1.807, 2.05) is 6.20 Å². The lowest BCUT2D eigenvalue weighted by atomic mass is 10.0. The average Bonchev–Trinajstić information content (AvgIpc) is 2.66. The highest BCUT2D eigenvalue weighted by Crippen LogP contribution is 2.27. The Labute approximate surface area is 95.6 Å². The molecule has 2 nitrogen and oxygen atoms in total. The summed E-state index contributed by atoms with van der Waals surface area (Å²) in [6.45, 7) is 5.35. The van der Waals surface area contributed by atoms with Crippen molar-refractivity contribution in [3.63, 3.8) is 0 Å². The van der Waals surface area contributed by atoms with Gasteiger partial charge in [-0.1, -0.05) is 13.8 Å². The zero-order chi connectivity index (χ0) is 11.1. The summed E-state index contributed by atoms with van der Waals surface area (Å²) in [5.74, 6) is 0.499. The molecule has 0 fully saturated rings. The molecule has 80 valence electrons. The number of hydrogen-bond acceptors (Lipinski definition) is 1. The summed E-state index contributed by atoms with van der Waals surface area (Å²) in [5, 5.41) is 0. The van der Waals surface area contributed by atoms with E-state index in [0.717, 1.165) is 6.54 Å². The lowest BCUT2D eigenvalue weighted by Crippen LogP contribution is -2.31. The van der Waals surface area contributed by atoms with Crippen LogP contribution >= 0.6 is 0 Å². The first-order valence-electron chi connectivity index (χ1n) is 5.73. The van der Waals surface area contributed by atoms with Crippen LogP contribution in [-0.4, -0.2) is 4.98 Å². The Bertz CT molecular complexity index is 544. The van der Waals surface area contributed by atoms with Crippen LogP contribution in [-0.2, 0) is 6.54 Å². The van der Waals surface area contributed by atoms with Crippen LogP contribution in [0.5, 0.6) is 0 Å². The highest BCUT2D eigenvalue weighted by molar-refractivity contribution is 5.62. The van der Waals surface area contributed by atoms with Crippen LogP contribution in [0, 0.1) is 0 Å². The topological polar surface area (TPSA) is 16.8 Å². The van der Waals surface area contributed by atoms with Gasteiger partial charge in [0.25, 0.3) is 0 Å². The van der Waals surface area contributed by atoms with Crippen molar-refractivity contribution in [3.8, 4) is 11.3 Å². The lowest BCUT2D eigenvalue weighted by molar-refractivity contribution is -0.672. The van der Waals surface area contributed by atoms with Crippen molar-refractivity contribution in [1.29, 1.82) is 0 Å². The fourth-order valence-electron chi connectivity index (χ4n) is 2.23. The maximum atomic E-state index is 4.54. The third-order valence-electron chi connectivity index (χ3n) is 3.16. The molecule has 0 amide bonds. The quantitative estimate of drug-likeness (QED) is 0.565. The predicted molar refractivity (Wildman–Crippen MR) is 63.1 cm³/mol. The van der Waals surface area contributed by atoms with Gasteiger partial charge in [-0.15, -0.1) is 0 Å². The van der Waals surface area contributed by atoms with E-state index in [-0.39, 0.29) is 0 Å². The molecule has 16 heavy (non-hydrogen) atoms. The second-order valence-electron chi connectivity index (χ2n) is 4.63. The van der Waals surface area contributed by atoms with Gasteiger partial charge in [-0.05, 0) is 18.1 Å². The largest absolute Gasteiger partial charge is 0.260 e. The molecule has 0 bridgehead atoms. The zero-order valence-corrected chi connectivity index (χ0v) is 9.64. The molecular formula is C14H15N2+. The van der Waals surface area contributed by atoms with E-state index in [0.29, 0.717) is 5.92 Å². The molecule has 0 aromatic carbocycles. The first-order valence-corrected chi connectivity index (χ1v) is 5.73. The Balaban J connectivity index is 2.14. The van der Waals surface area contributed by atoms with Crippen molar-refractivity contribution in [2.75, 3.05) is 0 Å². The van der Waals surface area contributed by atoms with Crippen LogP contribution in [0.2, 0.25) is 0 Å². The summed E-state index contributed by atoms with van der Waals surface area (Å²) in [6.07, 6.45) is 4.15. The number of fused-ring (bicyclic) bond motifs is 3. The van der Waals surface area contributed by atoms with Crippen molar-refractivity contribution in [1.82, 2.24) is 4.98 Å². The Kier molecular flexibility index (Phi) is 2.03. The smallest absolute Gasteiger partial charge is 0.214 e. The molecule has 1 aliphatic rings. The molecule has 0 N–H and O–H groups in total. The van der Waals surface area contributed by atoms with Gasteiger partial charge in [0.2, 0.25) is 5.69 Å². The van der Waals surface area contributed by atoms with E-state index in [1.165, 1.54) is 22.5 Å². The van der Waals surface area contributed by atoms with Gasteiger partial charge in [0, 0.05) is 29.6 Å². The fraction of sp³-hybridized carbons (Fsp3) is 0.286. The first kappa shape index (κ1) is 9.52. The van der Waals surface area contributed by atoms with Crippen molar-refractivity contribution >= 4 is 0 Å². The van der Waals surface area contributed by atoms with Crippen molar-refractivity contribution in [2.45, 2.75) is 26.3 Å². The molecule has 0 unspecified atom stereocenters. The second-order valence-corrected chi connectivity index (χ2v) is 4.63. The Hall–Kier alpha value is -1.70. The summed E-state index contributed by atoms with van der Waals surface area (Å²) in [7, 11) is 0. The molecule has 0 spiro atoms. The fourth-order valence-corrected chi connectivity index (χ4v) is 2.23. The molecule has 2 aromatic heterocycles. The van der Waals surface area contributed by atoms with Gasteiger partial charge in [0.15, 0.2) is 12.7 Å². The number of pyridine rings is 2. The normalized spacial score (nSPS) is 12.7. The van der Waals surface area contributed by atoms with Gasteiger partial charge < -0.3 is 0 Å². The van der Waals surface area contributed by atoms with Crippen LogP contribution in [0.3, 0.4) is 0 Å². The van der Waals surface area contributed by atoms with Gasteiger partial charge in [0.05, 0.1) is 5.56 Å². The molecule has 3 heterocycles. The van der Waals surface area contributed by atoms with E-state index < -0.39 is 0 Å². The van der Waals surface area contributed by atoms with E-state index in [2.05, 4.69) is 53.9 Å². The molecule has 2 heteroatoms. The minimum atomic E-state index is 0.499. The van der Waals surface area contributed by atoms with Crippen LogP contribution in [0.4, 0.5) is 0 Å². The highest BCUT2D eigenvalue weighted by atomic mass is 15.0. The predicted octanol–water partition coefficient (Wildman–Crippen LogP) is 2.52. The van der Waals surface area contributed by atoms with Crippen molar-refractivity contribution in [3.05, 3.63) is 47.9 Å². The third kappa shape index (κ3) is 1.33. The van der Waals surface area contributed by atoms with Crippen molar-refractivity contribution in [2.24, 2.45) is 0 Å². The maximum absolute atomic E-state index is 4.54. The summed E-state index contributed by atoms with van der Waals surface area (Å²) >= 11 is 0. The lowest BCUT2D eigenvalue weighted by Gasteiger charge is -2.04. The van der Waals surface area contributed by atoms with Gasteiger partial charge in [-0.2, -0.15) is 4.57 Å². The molecule has 0 saturated carbocycles. The third-order valence-corrected chi connectivity index (χ3v) is 3.16. The minimum absolute atomic E-state index is 0.499. The first-order chi connectivity index (χ1) is 7.75. The Morgan fingerprint density at radius 3 is 3.00 bits per heavy atom. The summed E-state index contributed by atoms with van der Waals surface area (Å²) in [5.41, 5.74) is 5.14. The van der Waals surface area contributed by atoms with Gasteiger partial charge >= 0.3 is 0 Å². The molecule has 0 atom stereocenters. The van der Waals surface area contributed by atoms with E-state index in [4.69, 9.17) is 0 Å². The number of aromatic nitrogens is 2. The molecule has 0 aliphatic carbocycles. The maximum Gasteiger partial charge on any atom is 0.214 e. The SMILES string of the molecule is CC(C)c1cc2c(cn1)-c1cccc[n+]1C2. The van der Waals surface area contributed by atoms with Crippen LogP contribution in [0.25, 0.3) is 11.3 Å². The van der Waals surface area contributed by atoms with Crippen molar-refractivity contribution < 1.29 is 4.57 Å². The number of nitrogens with zero attached hydrogens (tertiary/aromatic N) is 2. The average molecular weight is 211 g/mol. The van der Waals surface area contributed by atoms with Gasteiger partial charge in [-0.25, -0.2) is 0 Å². The monoisotopic (exact) mass is 211 g/mol. The molecule has 1 aliphatic heterocycles. The summed E-state index contributed by atoms with van der Waals surface area (Å²) in [6, 6.07) is 8.55. The standard InChI is InChI=1S/C14H15N2/c1-10(2)13-7-11-9-16-6-4-3-5-14(16)12(11)8-15-13/h3-8,10H,9H2,1-2H3/q+1. The highest BCUT2D eigenvalue weighted by Gasteiger charge is 2.25. The molecule has 0 saturated heterocycles. The Morgan fingerprint density at radius 1 is 1.31 bits per heavy atom. The summed E-state index contributed by atoms with van der Waals surface area (Å²) in [4.78, 5) is 4.54. The molecule has 3 rings (SSSR count). The molecular weight excluding hydrogens is 196 g/mol. The van der Waals surface area contributed by atoms with E-state index in [1.54, 1.807) is 0 Å². The second kappa shape index (κ2) is 3.41.